The Morgan fingerprint density at radius 2 is 1.78 bits per heavy atom. The zero-order chi connectivity index (χ0) is 14.1. The number of alkyl halides is 3. The van der Waals surface area contributed by atoms with Crippen LogP contribution >= 0.6 is 0 Å². The largest absolute Gasteiger partial charge is 0.416 e. The predicted octanol–water partition coefficient (Wildman–Crippen LogP) is 2.86. The van der Waals surface area contributed by atoms with Gasteiger partial charge in [0.2, 0.25) is 0 Å². The van der Waals surface area contributed by atoms with E-state index in [9.17, 15) is 22.7 Å². The molecule has 102 valence electrons. The fourth-order valence-electron chi connectivity index (χ4n) is 1.71. The minimum absolute atomic E-state index is 0.374. The van der Waals surface area contributed by atoms with Crippen LogP contribution in [0.5, 0.6) is 0 Å². The van der Waals surface area contributed by atoms with E-state index in [2.05, 4.69) is 0 Å². The van der Waals surface area contributed by atoms with E-state index < -0.39 is 35.3 Å². The van der Waals surface area contributed by atoms with E-state index in [-0.39, 0.29) is 5.92 Å². The molecule has 0 heterocycles. The first-order valence-corrected chi connectivity index (χ1v) is 5.45. The van der Waals surface area contributed by atoms with Crippen LogP contribution in [0.3, 0.4) is 0 Å². The smallest absolute Gasteiger partial charge is 0.391 e. The Labute approximate surface area is 102 Å². The SMILES string of the molecule is CC(C)[C@@H](O)[C@@H](N)c1c(F)cccc1C(F)(F)F. The molecule has 1 rings (SSSR count). The fraction of sp³-hybridized carbons (Fsp3) is 0.500. The van der Waals surface area contributed by atoms with E-state index in [4.69, 9.17) is 5.73 Å². The van der Waals surface area contributed by atoms with Gasteiger partial charge in [0.15, 0.2) is 0 Å². The van der Waals surface area contributed by atoms with Gasteiger partial charge in [-0.1, -0.05) is 19.9 Å². The maximum Gasteiger partial charge on any atom is 0.416 e. The van der Waals surface area contributed by atoms with Crippen LogP contribution in [0.25, 0.3) is 0 Å². The quantitative estimate of drug-likeness (QED) is 0.825. The third-order valence-corrected chi connectivity index (χ3v) is 2.74. The van der Waals surface area contributed by atoms with Crippen LogP contribution in [0.1, 0.15) is 31.0 Å². The molecule has 6 heteroatoms. The minimum Gasteiger partial charge on any atom is -0.391 e. The first-order chi connectivity index (χ1) is 8.16. The third-order valence-electron chi connectivity index (χ3n) is 2.74. The summed E-state index contributed by atoms with van der Waals surface area (Å²) in [7, 11) is 0. The van der Waals surface area contributed by atoms with Crippen LogP contribution in [-0.2, 0) is 6.18 Å². The van der Waals surface area contributed by atoms with Crippen LogP contribution < -0.4 is 5.73 Å². The number of hydrogen-bond donors (Lipinski definition) is 2. The van der Waals surface area contributed by atoms with Gasteiger partial charge in [0.1, 0.15) is 5.82 Å². The number of halogens is 4. The van der Waals surface area contributed by atoms with Crippen molar-refractivity contribution >= 4 is 0 Å². The first-order valence-electron chi connectivity index (χ1n) is 5.45. The van der Waals surface area contributed by atoms with Crippen LogP contribution in [0.4, 0.5) is 17.6 Å². The average Bonchev–Trinajstić information content (AvgIpc) is 2.25. The molecule has 1 aromatic carbocycles. The second-order valence-electron chi connectivity index (χ2n) is 4.46. The molecule has 0 spiro atoms. The van der Waals surface area contributed by atoms with Gasteiger partial charge in [0.25, 0.3) is 0 Å². The second kappa shape index (κ2) is 5.24. The molecule has 0 saturated carbocycles. The highest BCUT2D eigenvalue weighted by molar-refractivity contribution is 5.34. The number of nitrogens with two attached hydrogens (primary N) is 1. The molecule has 0 saturated heterocycles. The molecule has 0 radical (unpaired) electrons. The predicted molar refractivity (Wildman–Crippen MR) is 59.2 cm³/mol. The average molecular weight is 265 g/mol. The van der Waals surface area contributed by atoms with E-state index in [0.29, 0.717) is 0 Å². The summed E-state index contributed by atoms with van der Waals surface area (Å²) >= 11 is 0. The monoisotopic (exact) mass is 265 g/mol. The van der Waals surface area contributed by atoms with E-state index in [1.165, 1.54) is 0 Å². The van der Waals surface area contributed by atoms with Gasteiger partial charge in [0, 0.05) is 5.56 Å². The van der Waals surface area contributed by atoms with Gasteiger partial charge in [-0.15, -0.1) is 0 Å². The van der Waals surface area contributed by atoms with Gasteiger partial charge < -0.3 is 10.8 Å². The number of aliphatic hydroxyl groups excluding tert-OH is 1. The normalized spacial score (nSPS) is 15.8. The molecule has 18 heavy (non-hydrogen) atoms. The summed E-state index contributed by atoms with van der Waals surface area (Å²) in [5, 5.41) is 9.70. The third kappa shape index (κ3) is 3.00. The van der Waals surface area contributed by atoms with E-state index in [1.54, 1.807) is 13.8 Å². The van der Waals surface area contributed by atoms with Crippen molar-refractivity contribution in [1.29, 1.82) is 0 Å². The lowest BCUT2D eigenvalue weighted by atomic mass is 9.91. The lowest BCUT2D eigenvalue weighted by molar-refractivity contribution is -0.139. The first kappa shape index (κ1) is 14.9. The van der Waals surface area contributed by atoms with Crippen molar-refractivity contribution < 1.29 is 22.7 Å². The molecule has 0 aliphatic rings. The Kier molecular flexibility index (Phi) is 4.34. The molecule has 0 aliphatic heterocycles. The van der Waals surface area contributed by atoms with E-state index in [0.717, 1.165) is 18.2 Å². The highest BCUT2D eigenvalue weighted by Crippen LogP contribution is 2.36. The van der Waals surface area contributed by atoms with Crippen molar-refractivity contribution in [1.82, 2.24) is 0 Å². The molecule has 0 amide bonds. The Hall–Kier alpha value is -1.14. The molecule has 0 bridgehead atoms. The van der Waals surface area contributed by atoms with Gasteiger partial charge in [-0.25, -0.2) is 4.39 Å². The summed E-state index contributed by atoms with van der Waals surface area (Å²) in [5.74, 6) is -1.43. The van der Waals surface area contributed by atoms with Crippen molar-refractivity contribution in [2.24, 2.45) is 11.7 Å². The van der Waals surface area contributed by atoms with Crippen molar-refractivity contribution in [2.45, 2.75) is 32.2 Å². The zero-order valence-electron chi connectivity index (χ0n) is 10.0. The summed E-state index contributed by atoms with van der Waals surface area (Å²) in [6.45, 7) is 3.19. The summed E-state index contributed by atoms with van der Waals surface area (Å²) < 4.78 is 51.8. The number of aliphatic hydroxyl groups is 1. The number of benzene rings is 1. The van der Waals surface area contributed by atoms with E-state index >= 15 is 0 Å². The van der Waals surface area contributed by atoms with E-state index in [1.807, 2.05) is 0 Å². The number of hydrogen-bond acceptors (Lipinski definition) is 2. The molecule has 0 aromatic heterocycles. The van der Waals surface area contributed by atoms with Crippen LogP contribution in [-0.4, -0.2) is 11.2 Å². The Bertz CT molecular complexity index is 417. The van der Waals surface area contributed by atoms with Gasteiger partial charge in [0.05, 0.1) is 17.7 Å². The molecule has 0 fully saturated rings. The molecule has 2 nitrogen and oxygen atoms in total. The fourth-order valence-corrected chi connectivity index (χ4v) is 1.71. The Balaban J connectivity index is 3.30. The molecule has 1 aromatic rings. The molecular formula is C12H15F4NO. The molecule has 2 atom stereocenters. The Morgan fingerprint density at radius 1 is 1.22 bits per heavy atom. The van der Waals surface area contributed by atoms with Crippen LogP contribution in [0, 0.1) is 11.7 Å². The topological polar surface area (TPSA) is 46.2 Å². The lowest BCUT2D eigenvalue weighted by Crippen LogP contribution is -2.33. The number of rotatable bonds is 3. The summed E-state index contributed by atoms with van der Waals surface area (Å²) in [6.07, 6.45) is -5.95. The highest BCUT2D eigenvalue weighted by atomic mass is 19.4. The highest BCUT2D eigenvalue weighted by Gasteiger charge is 2.37. The molecular weight excluding hydrogens is 250 g/mol. The van der Waals surface area contributed by atoms with Crippen molar-refractivity contribution in [3.05, 3.63) is 35.1 Å². The van der Waals surface area contributed by atoms with Crippen molar-refractivity contribution in [2.75, 3.05) is 0 Å². The summed E-state index contributed by atoms with van der Waals surface area (Å²) in [6, 6.07) is 1.21. The minimum atomic E-state index is -4.70. The van der Waals surface area contributed by atoms with Crippen molar-refractivity contribution in [3.8, 4) is 0 Å². The molecule has 3 N–H and O–H groups in total. The molecule has 0 aliphatic carbocycles. The van der Waals surface area contributed by atoms with Crippen LogP contribution in [0.15, 0.2) is 18.2 Å². The van der Waals surface area contributed by atoms with Gasteiger partial charge in [-0.05, 0) is 18.1 Å². The maximum atomic E-state index is 13.6. The zero-order valence-corrected chi connectivity index (χ0v) is 10.0. The second-order valence-corrected chi connectivity index (χ2v) is 4.46. The van der Waals surface area contributed by atoms with Gasteiger partial charge >= 0.3 is 6.18 Å². The van der Waals surface area contributed by atoms with Crippen LogP contribution in [0.2, 0.25) is 0 Å². The van der Waals surface area contributed by atoms with Crippen molar-refractivity contribution in [3.63, 3.8) is 0 Å². The summed E-state index contributed by atoms with van der Waals surface area (Å²) in [5.41, 5.74) is 3.72. The molecule has 0 unspecified atom stereocenters. The standard InChI is InChI=1S/C12H15F4NO/c1-6(2)11(18)10(17)9-7(12(14,15)16)4-3-5-8(9)13/h3-6,10-11,18H,17H2,1-2H3/t10-,11+/m0/s1. The summed E-state index contributed by atoms with van der Waals surface area (Å²) in [4.78, 5) is 0. The van der Waals surface area contributed by atoms with Gasteiger partial charge in [-0.2, -0.15) is 13.2 Å². The van der Waals surface area contributed by atoms with Gasteiger partial charge in [-0.3, -0.25) is 0 Å². The maximum absolute atomic E-state index is 13.6. The Morgan fingerprint density at radius 3 is 2.22 bits per heavy atom. The lowest BCUT2D eigenvalue weighted by Gasteiger charge is -2.25.